The Morgan fingerprint density at radius 1 is 1.42 bits per heavy atom. The lowest BCUT2D eigenvalue weighted by Gasteiger charge is -2.10. The average Bonchev–Trinajstić information content (AvgIpc) is 2.79. The third kappa shape index (κ3) is 3.67. The number of carbonyl (C=O) groups excluding carboxylic acids is 3. The first-order chi connectivity index (χ1) is 11.4. The van der Waals surface area contributed by atoms with Crippen molar-refractivity contribution in [2.24, 2.45) is 0 Å². The highest BCUT2D eigenvalue weighted by Crippen LogP contribution is 2.35. The minimum Gasteiger partial charge on any atom is -0.504 e. The summed E-state index contributed by atoms with van der Waals surface area (Å²) in [6.45, 7) is 1.62. The van der Waals surface area contributed by atoms with Gasteiger partial charge in [-0.05, 0) is 25.1 Å². The fourth-order valence-electron chi connectivity index (χ4n) is 2.03. The van der Waals surface area contributed by atoms with Crippen LogP contribution in [0.15, 0.2) is 22.3 Å². The SMILES string of the molecule is CCOc1cc(Br)cc(/C=C2/NC(=O)N(CC(=O)OC)C2=O)c1O. The molecule has 0 aromatic heterocycles. The first kappa shape index (κ1) is 17.8. The largest absolute Gasteiger partial charge is 0.504 e. The summed E-state index contributed by atoms with van der Waals surface area (Å²) in [5, 5.41) is 12.6. The van der Waals surface area contributed by atoms with E-state index in [1.165, 1.54) is 6.08 Å². The number of hydrogen-bond donors (Lipinski definition) is 2. The molecule has 1 heterocycles. The van der Waals surface area contributed by atoms with Crippen LogP contribution < -0.4 is 10.1 Å². The summed E-state index contributed by atoms with van der Waals surface area (Å²) < 4.78 is 10.4. The van der Waals surface area contributed by atoms with Gasteiger partial charge in [0.05, 0.1) is 13.7 Å². The summed E-state index contributed by atoms with van der Waals surface area (Å²) in [7, 11) is 1.16. The van der Waals surface area contributed by atoms with E-state index in [1.54, 1.807) is 19.1 Å². The minimum atomic E-state index is -0.740. The molecule has 0 saturated carbocycles. The van der Waals surface area contributed by atoms with E-state index in [0.717, 1.165) is 12.0 Å². The second-order valence-electron chi connectivity index (χ2n) is 4.73. The van der Waals surface area contributed by atoms with Gasteiger partial charge in [-0.25, -0.2) is 9.69 Å². The molecule has 1 saturated heterocycles. The number of benzene rings is 1. The molecule has 3 amide bonds. The van der Waals surface area contributed by atoms with E-state index >= 15 is 0 Å². The molecular weight excluding hydrogens is 384 g/mol. The molecule has 0 aliphatic carbocycles. The lowest BCUT2D eigenvalue weighted by Crippen LogP contribution is -2.36. The maximum Gasteiger partial charge on any atom is 0.329 e. The van der Waals surface area contributed by atoms with Gasteiger partial charge in [0.2, 0.25) is 0 Å². The van der Waals surface area contributed by atoms with Gasteiger partial charge in [0.15, 0.2) is 11.5 Å². The molecular formula is C15H15BrN2O6. The van der Waals surface area contributed by atoms with Gasteiger partial charge in [-0.15, -0.1) is 0 Å². The van der Waals surface area contributed by atoms with E-state index in [9.17, 15) is 19.5 Å². The molecule has 0 radical (unpaired) electrons. The van der Waals surface area contributed by atoms with E-state index in [4.69, 9.17) is 4.74 Å². The molecule has 1 aliphatic rings. The number of amides is 3. The van der Waals surface area contributed by atoms with Crippen LogP contribution in [0.1, 0.15) is 12.5 Å². The van der Waals surface area contributed by atoms with Crippen molar-refractivity contribution in [3.05, 3.63) is 27.9 Å². The molecule has 2 rings (SSSR count). The van der Waals surface area contributed by atoms with Gasteiger partial charge >= 0.3 is 12.0 Å². The number of aromatic hydroxyl groups is 1. The first-order valence-electron chi connectivity index (χ1n) is 6.94. The number of methoxy groups -OCH3 is 1. The summed E-state index contributed by atoms with van der Waals surface area (Å²) in [6, 6.07) is 2.41. The van der Waals surface area contributed by atoms with Crippen LogP contribution in [-0.2, 0) is 14.3 Å². The number of nitrogens with one attached hydrogen (secondary N) is 1. The Bertz CT molecular complexity index is 731. The molecule has 0 spiro atoms. The van der Waals surface area contributed by atoms with Gasteiger partial charge in [-0.1, -0.05) is 15.9 Å². The summed E-state index contributed by atoms with van der Waals surface area (Å²) in [5.74, 6) is -1.34. The molecule has 0 bridgehead atoms. The maximum atomic E-state index is 12.2. The van der Waals surface area contributed by atoms with Gasteiger partial charge in [0, 0.05) is 10.0 Å². The van der Waals surface area contributed by atoms with E-state index in [0.29, 0.717) is 11.1 Å². The van der Waals surface area contributed by atoms with E-state index in [2.05, 4.69) is 26.0 Å². The third-order valence-corrected chi connectivity index (χ3v) is 3.60. The van der Waals surface area contributed by atoms with Gasteiger partial charge in [0.25, 0.3) is 5.91 Å². The predicted octanol–water partition coefficient (Wildman–Crippen LogP) is 1.62. The monoisotopic (exact) mass is 398 g/mol. The lowest BCUT2D eigenvalue weighted by atomic mass is 10.1. The van der Waals surface area contributed by atoms with Crippen molar-refractivity contribution in [1.29, 1.82) is 0 Å². The standard InChI is InChI=1S/C15H15BrN2O6/c1-3-24-11-6-9(16)4-8(13(11)20)5-10-14(21)18(15(22)17-10)7-12(19)23-2/h4-6,20H,3,7H2,1-2H3,(H,17,22)/b10-5+. The molecule has 128 valence electrons. The van der Waals surface area contributed by atoms with Crippen LogP contribution in [0.25, 0.3) is 6.08 Å². The van der Waals surface area contributed by atoms with E-state index < -0.39 is 24.5 Å². The zero-order chi connectivity index (χ0) is 17.9. The van der Waals surface area contributed by atoms with Crippen molar-refractivity contribution in [2.45, 2.75) is 6.92 Å². The van der Waals surface area contributed by atoms with Crippen LogP contribution in [0.2, 0.25) is 0 Å². The number of hydrogen-bond acceptors (Lipinski definition) is 6. The summed E-state index contributed by atoms with van der Waals surface area (Å²) in [5.41, 5.74) is 0.205. The molecule has 1 aromatic rings. The van der Waals surface area contributed by atoms with Crippen molar-refractivity contribution in [2.75, 3.05) is 20.3 Å². The van der Waals surface area contributed by atoms with Crippen LogP contribution in [-0.4, -0.2) is 48.2 Å². The molecule has 9 heteroatoms. The highest BCUT2D eigenvalue weighted by molar-refractivity contribution is 9.10. The van der Waals surface area contributed by atoms with Crippen molar-refractivity contribution < 1.29 is 29.0 Å². The number of phenolic OH excluding ortho intramolecular Hbond substituents is 1. The predicted molar refractivity (Wildman–Crippen MR) is 87.2 cm³/mol. The quantitative estimate of drug-likeness (QED) is 0.443. The number of halogens is 1. The maximum absolute atomic E-state index is 12.2. The Kier molecular flexibility index (Phi) is 5.45. The number of imide groups is 1. The van der Waals surface area contributed by atoms with Crippen LogP contribution in [0.5, 0.6) is 11.5 Å². The summed E-state index contributed by atoms with van der Waals surface area (Å²) in [6.07, 6.45) is 1.31. The Morgan fingerprint density at radius 2 is 2.12 bits per heavy atom. The first-order valence-corrected chi connectivity index (χ1v) is 7.73. The van der Waals surface area contributed by atoms with Crippen molar-refractivity contribution >= 4 is 39.9 Å². The Balaban J connectivity index is 2.34. The van der Waals surface area contributed by atoms with Gasteiger partial charge in [0.1, 0.15) is 12.2 Å². The fraction of sp³-hybridized carbons (Fsp3) is 0.267. The number of rotatable bonds is 5. The van der Waals surface area contributed by atoms with Gasteiger partial charge in [-0.3, -0.25) is 9.59 Å². The molecule has 1 aliphatic heterocycles. The summed E-state index contributed by atoms with van der Waals surface area (Å²) >= 11 is 3.28. The normalized spacial score (nSPS) is 15.6. The molecule has 1 aromatic carbocycles. The smallest absolute Gasteiger partial charge is 0.329 e. The lowest BCUT2D eigenvalue weighted by molar-refractivity contribution is -0.143. The number of carbonyl (C=O) groups is 3. The highest BCUT2D eigenvalue weighted by Gasteiger charge is 2.35. The Labute approximate surface area is 146 Å². The van der Waals surface area contributed by atoms with Crippen LogP contribution >= 0.6 is 15.9 Å². The zero-order valence-electron chi connectivity index (χ0n) is 13.0. The molecule has 24 heavy (non-hydrogen) atoms. The number of esters is 1. The molecule has 8 nitrogen and oxygen atoms in total. The van der Waals surface area contributed by atoms with Gasteiger partial charge in [-0.2, -0.15) is 0 Å². The Morgan fingerprint density at radius 3 is 2.75 bits per heavy atom. The van der Waals surface area contributed by atoms with E-state index in [-0.39, 0.29) is 22.8 Å². The number of ether oxygens (including phenoxy) is 2. The molecule has 1 fully saturated rings. The Hall–Kier alpha value is -2.55. The number of phenols is 1. The average molecular weight is 399 g/mol. The van der Waals surface area contributed by atoms with E-state index in [1.807, 2.05) is 0 Å². The third-order valence-electron chi connectivity index (χ3n) is 3.15. The molecule has 0 atom stereocenters. The molecule has 0 unspecified atom stereocenters. The second kappa shape index (κ2) is 7.35. The van der Waals surface area contributed by atoms with Crippen molar-refractivity contribution in [3.8, 4) is 11.5 Å². The highest BCUT2D eigenvalue weighted by atomic mass is 79.9. The van der Waals surface area contributed by atoms with Crippen LogP contribution in [0, 0.1) is 0 Å². The fourth-order valence-corrected chi connectivity index (χ4v) is 2.49. The number of urea groups is 1. The van der Waals surface area contributed by atoms with Crippen LogP contribution in [0.4, 0.5) is 4.79 Å². The second-order valence-corrected chi connectivity index (χ2v) is 5.65. The van der Waals surface area contributed by atoms with Gasteiger partial charge < -0.3 is 19.9 Å². The van der Waals surface area contributed by atoms with Crippen LogP contribution in [0.3, 0.4) is 0 Å². The topological polar surface area (TPSA) is 105 Å². The summed E-state index contributed by atoms with van der Waals surface area (Å²) in [4.78, 5) is 36.0. The molecule has 2 N–H and O–H groups in total. The van der Waals surface area contributed by atoms with Crippen molar-refractivity contribution in [3.63, 3.8) is 0 Å². The number of nitrogens with zero attached hydrogens (tertiary/aromatic N) is 1. The van der Waals surface area contributed by atoms with Crippen molar-refractivity contribution in [1.82, 2.24) is 10.2 Å². The minimum absolute atomic E-state index is 0.0697. The zero-order valence-corrected chi connectivity index (χ0v) is 14.5.